The second kappa shape index (κ2) is 6.13. The molecule has 2 N–H and O–H groups in total. The Morgan fingerprint density at radius 1 is 1.00 bits per heavy atom. The Hall–Kier alpha value is -2.43. The molecule has 1 aliphatic rings. The standard InChI is InChI=1S/C17H20FN3O/c1-22-15-4-2-3-14(12-15)20-7-9-21(10-8-20)17-6-5-13(18)11-16(17)19/h2-6,11-12H,7-10,19H2,1H3. The van der Waals surface area contributed by atoms with Crippen LogP contribution in [0.25, 0.3) is 0 Å². The van der Waals surface area contributed by atoms with Crippen LogP contribution in [0.5, 0.6) is 5.75 Å². The van der Waals surface area contributed by atoms with Crippen LogP contribution in [-0.4, -0.2) is 33.3 Å². The largest absolute Gasteiger partial charge is 0.497 e. The maximum absolute atomic E-state index is 13.2. The number of nitrogens with two attached hydrogens (primary N) is 1. The second-order valence-electron chi connectivity index (χ2n) is 5.38. The quantitative estimate of drug-likeness (QED) is 0.885. The molecular formula is C17H20FN3O. The van der Waals surface area contributed by atoms with E-state index in [0.29, 0.717) is 5.69 Å². The van der Waals surface area contributed by atoms with E-state index in [-0.39, 0.29) is 5.82 Å². The van der Waals surface area contributed by atoms with Crippen LogP contribution in [0.4, 0.5) is 21.5 Å². The SMILES string of the molecule is COc1cccc(N2CCN(c3ccc(F)cc3N)CC2)c1. The Morgan fingerprint density at radius 3 is 2.41 bits per heavy atom. The number of nitrogen functional groups attached to an aromatic ring is 1. The summed E-state index contributed by atoms with van der Waals surface area (Å²) in [5.41, 5.74) is 8.49. The number of methoxy groups -OCH3 is 1. The molecule has 4 nitrogen and oxygen atoms in total. The van der Waals surface area contributed by atoms with Crippen LogP contribution in [-0.2, 0) is 0 Å². The maximum Gasteiger partial charge on any atom is 0.125 e. The minimum Gasteiger partial charge on any atom is -0.497 e. The number of ether oxygens (including phenoxy) is 1. The van der Waals surface area contributed by atoms with E-state index in [1.165, 1.54) is 12.1 Å². The number of halogens is 1. The topological polar surface area (TPSA) is 41.7 Å². The van der Waals surface area contributed by atoms with E-state index in [1.54, 1.807) is 13.2 Å². The molecule has 1 heterocycles. The fourth-order valence-corrected chi connectivity index (χ4v) is 2.83. The molecule has 3 rings (SSSR count). The van der Waals surface area contributed by atoms with Crippen molar-refractivity contribution in [2.75, 3.05) is 48.8 Å². The van der Waals surface area contributed by atoms with Crippen LogP contribution in [0.1, 0.15) is 0 Å². The van der Waals surface area contributed by atoms with Gasteiger partial charge in [-0.2, -0.15) is 0 Å². The first-order chi connectivity index (χ1) is 10.7. The third kappa shape index (κ3) is 2.93. The molecule has 1 fully saturated rings. The Morgan fingerprint density at radius 2 is 1.73 bits per heavy atom. The van der Waals surface area contributed by atoms with Crippen molar-refractivity contribution >= 4 is 17.1 Å². The van der Waals surface area contributed by atoms with Gasteiger partial charge >= 0.3 is 0 Å². The molecular weight excluding hydrogens is 281 g/mol. The van der Waals surface area contributed by atoms with Crippen LogP contribution in [0.3, 0.4) is 0 Å². The third-order valence-electron chi connectivity index (χ3n) is 4.03. The summed E-state index contributed by atoms with van der Waals surface area (Å²) < 4.78 is 18.4. The first kappa shape index (κ1) is 14.5. The van der Waals surface area contributed by atoms with Gasteiger partial charge in [-0.05, 0) is 30.3 Å². The molecule has 22 heavy (non-hydrogen) atoms. The number of hydrogen-bond donors (Lipinski definition) is 1. The van der Waals surface area contributed by atoms with E-state index in [2.05, 4.69) is 15.9 Å². The van der Waals surface area contributed by atoms with E-state index in [0.717, 1.165) is 43.3 Å². The highest BCUT2D eigenvalue weighted by atomic mass is 19.1. The van der Waals surface area contributed by atoms with Gasteiger partial charge in [0.1, 0.15) is 11.6 Å². The van der Waals surface area contributed by atoms with Gasteiger partial charge in [0, 0.05) is 37.9 Å². The predicted molar refractivity (Wildman–Crippen MR) is 88.2 cm³/mol. The minimum absolute atomic E-state index is 0.295. The summed E-state index contributed by atoms with van der Waals surface area (Å²) in [5, 5.41) is 0. The van der Waals surface area contributed by atoms with Gasteiger partial charge in [0.25, 0.3) is 0 Å². The van der Waals surface area contributed by atoms with Crippen molar-refractivity contribution in [3.05, 3.63) is 48.3 Å². The lowest BCUT2D eigenvalue weighted by atomic mass is 10.2. The number of benzene rings is 2. The van der Waals surface area contributed by atoms with E-state index in [9.17, 15) is 4.39 Å². The molecule has 0 amide bonds. The van der Waals surface area contributed by atoms with Gasteiger partial charge in [0.05, 0.1) is 18.5 Å². The molecule has 0 saturated carbocycles. The van der Waals surface area contributed by atoms with Crippen molar-refractivity contribution < 1.29 is 9.13 Å². The number of rotatable bonds is 3. The summed E-state index contributed by atoms with van der Waals surface area (Å²) in [7, 11) is 1.67. The predicted octanol–water partition coefficient (Wildman–Crippen LogP) is 2.74. The van der Waals surface area contributed by atoms with Crippen LogP contribution in [0, 0.1) is 5.82 Å². The van der Waals surface area contributed by atoms with E-state index < -0.39 is 0 Å². The zero-order valence-corrected chi connectivity index (χ0v) is 12.6. The van der Waals surface area contributed by atoms with Gasteiger partial charge in [-0.25, -0.2) is 4.39 Å². The summed E-state index contributed by atoms with van der Waals surface area (Å²) in [6, 6.07) is 12.7. The normalized spacial score (nSPS) is 15.0. The summed E-state index contributed by atoms with van der Waals surface area (Å²) in [6.07, 6.45) is 0. The smallest absolute Gasteiger partial charge is 0.125 e. The highest BCUT2D eigenvalue weighted by Gasteiger charge is 2.19. The third-order valence-corrected chi connectivity index (χ3v) is 4.03. The molecule has 5 heteroatoms. The van der Waals surface area contributed by atoms with Gasteiger partial charge in [-0.1, -0.05) is 6.07 Å². The molecule has 0 unspecified atom stereocenters. The summed E-state index contributed by atoms with van der Waals surface area (Å²) in [6.45, 7) is 3.49. The Bertz CT molecular complexity index is 654. The van der Waals surface area contributed by atoms with Crippen LogP contribution in [0.15, 0.2) is 42.5 Å². The summed E-state index contributed by atoms with van der Waals surface area (Å²) in [4.78, 5) is 4.52. The Kier molecular flexibility index (Phi) is 4.04. The molecule has 0 spiro atoms. The lowest BCUT2D eigenvalue weighted by Gasteiger charge is -2.37. The van der Waals surface area contributed by atoms with E-state index >= 15 is 0 Å². The van der Waals surface area contributed by atoms with Crippen LogP contribution >= 0.6 is 0 Å². The monoisotopic (exact) mass is 301 g/mol. The van der Waals surface area contributed by atoms with Gasteiger partial charge < -0.3 is 20.3 Å². The number of anilines is 3. The lowest BCUT2D eigenvalue weighted by Crippen LogP contribution is -2.46. The average Bonchev–Trinajstić information content (AvgIpc) is 2.55. The molecule has 0 aliphatic carbocycles. The molecule has 0 aromatic heterocycles. The molecule has 1 aliphatic heterocycles. The van der Waals surface area contributed by atoms with Crippen molar-refractivity contribution in [2.45, 2.75) is 0 Å². The van der Waals surface area contributed by atoms with Gasteiger partial charge in [0.15, 0.2) is 0 Å². The van der Waals surface area contributed by atoms with E-state index in [1.807, 2.05) is 18.2 Å². The fraction of sp³-hybridized carbons (Fsp3) is 0.294. The maximum atomic E-state index is 13.2. The molecule has 0 atom stereocenters. The average molecular weight is 301 g/mol. The number of hydrogen-bond acceptors (Lipinski definition) is 4. The molecule has 116 valence electrons. The second-order valence-corrected chi connectivity index (χ2v) is 5.38. The van der Waals surface area contributed by atoms with Crippen molar-refractivity contribution in [3.8, 4) is 5.75 Å². The van der Waals surface area contributed by atoms with Gasteiger partial charge in [-0.3, -0.25) is 0 Å². The Balaban J connectivity index is 1.69. The first-order valence-corrected chi connectivity index (χ1v) is 7.36. The van der Waals surface area contributed by atoms with Gasteiger partial charge in [0.2, 0.25) is 0 Å². The molecule has 2 aromatic carbocycles. The zero-order valence-electron chi connectivity index (χ0n) is 12.6. The van der Waals surface area contributed by atoms with Crippen LogP contribution in [0.2, 0.25) is 0 Å². The fourth-order valence-electron chi connectivity index (χ4n) is 2.83. The molecule has 1 saturated heterocycles. The zero-order chi connectivity index (χ0) is 15.5. The highest BCUT2D eigenvalue weighted by molar-refractivity contribution is 5.68. The number of nitrogens with zero attached hydrogens (tertiary/aromatic N) is 2. The molecule has 2 aromatic rings. The van der Waals surface area contributed by atoms with Crippen molar-refractivity contribution in [1.29, 1.82) is 0 Å². The highest BCUT2D eigenvalue weighted by Crippen LogP contribution is 2.27. The van der Waals surface area contributed by atoms with E-state index in [4.69, 9.17) is 10.5 Å². The summed E-state index contributed by atoms with van der Waals surface area (Å²) >= 11 is 0. The number of piperazine rings is 1. The first-order valence-electron chi connectivity index (χ1n) is 7.36. The van der Waals surface area contributed by atoms with Crippen LogP contribution < -0.4 is 20.3 Å². The molecule has 0 radical (unpaired) electrons. The van der Waals surface area contributed by atoms with Crippen molar-refractivity contribution in [2.24, 2.45) is 0 Å². The lowest BCUT2D eigenvalue weighted by molar-refractivity contribution is 0.414. The summed E-state index contributed by atoms with van der Waals surface area (Å²) in [5.74, 6) is 0.568. The van der Waals surface area contributed by atoms with Crippen molar-refractivity contribution in [1.82, 2.24) is 0 Å². The van der Waals surface area contributed by atoms with Crippen molar-refractivity contribution in [3.63, 3.8) is 0 Å². The minimum atomic E-state index is -0.295. The van der Waals surface area contributed by atoms with Gasteiger partial charge in [-0.15, -0.1) is 0 Å². The molecule has 0 bridgehead atoms. The Labute approximate surface area is 129 Å².